The molecule has 0 amide bonds. The molecule has 0 aliphatic rings. The number of nitriles is 1. The smallest absolute Gasteiger partial charge is 0.345 e. The molecular formula is C8H10N4O2S. The third-order valence-corrected chi connectivity index (χ3v) is 2.82. The molecule has 1 atom stereocenters. The van der Waals surface area contributed by atoms with Gasteiger partial charge in [-0.1, -0.05) is 0 Å². The molecule has 15 heavy (non-hydrogen) atoms. The molecule has 0 saturated heterocycles. The fourth-order valence-corrected chi connectivity index (χ4v) is 1.75. The summed E-state index contributed by atoms with van der Waals surface area (Å²) in [5.74, 6) is -0.127. The Hall–Kier alpha value is -1.68. The van der Waals surface area contributed by atoms with Gasteiger partial charge in [-0.25, -0.2) is 4.98 Å². The number of hydrogen-bond acceptors (Lipinski definition) is 6. The number of aromatic nitrogens is 1. The van der Waals surface area contributed by atoms with Crippen LogP contribution in [-0.2, 0) is 0 Å². The molecule has 0 fully saturated rings. The minimum Gasteiger partial charge on any atom is -0.350 e. The van der Waals surface area contributed by atoms with Crippen LogP contribution in [0.2, 0.25) is 0 Å². The summed E-state index contributed by atoms with van der Waals surface area (Å²) in [6.07, 6.45) is 1.23. The second kappa shape index (κ2) is 4.70. The highest BCUT2D eigenvalue weighted by Gasteiger charge is 2.15. The fraction of sp³-hybridized carbons (Fsp3) is 0.500. The van der Waals surface area contributed by atoms with E-state index in [0.29, 0.717) is 11.7 Å². The maximum absolute atomic E-state index is 10.4. The van der Waals surface area contributed by atoms with Crippen molar-refractivity contribution < 1.29 is 4.92 Å². The molecule has 0 N–H and O–H groups in total. The lowest BCUT2D eigenvalue weighted by molar-refractivity contribution is -0.380. The Morgan fingerprint density at radius 3 is 3.00 bits per heavy atom. The maximum Gasteiger partial charge on any atom is 0.345 e. The van der Waals surface area contributed by atoms with Gasteiger partial charge < -0.3 is 4.90 Å². The molecule has 7 heteroatoms. The molecule has 1 aromatic heterocycles. The van der Waals surface area contributed by atoms with Crippen molar-refractivity contribution in [2.24, 2.45) is 5.92 Å². The number of hydrogen-bond donors (Lipinski definition) is 0. The average Bonchev–Trinajstić information content (AvgIpc) is 2.66. The van der Waals surface area contributed by atoms with E-state index in [-0.39, 0.29) is 10.9 Å². The van der Waals surface area contributed by atoms with Gasteiger partial charge in [0, 0.05) is 13.6 Å². The van der Waals surface area contributed by atoms with Crippen LogP contribution < -0.4 is 4.90 Å². The lowest BCUT2D eigenvalue weighted by Gasteiger charge is -2.15. The van der Waals surface area contributed by atoms with E-state index in [0.717, 1.165) is 11.3 Å². The Labute approximate surface area is 90.9 Å². The van der Waals surface area contributed by atoms with Crippen molar-refractivity contribution in [2.45, 2.75) is 6.92 Å². The van der Waals surface area contributed by atoms with Crippen molar-refractivity contribution >= 4 is 21.5 Å². The molecule has 0 aliphatic heterocycles. The fourth-order valence-electron chi connectivity index (χ4n) is 1.05. The van der Waals surface area contributed by atoms with E-state index in [1.54, 1.807) is 18.9 Å². The van der Waals surface area contributed by atoms with E-state index < -0.39 is 4.92 Å². The van der Waals surface area contributed by atoms with Gasteiger partial charge in [-0.05, 0) is 18.3 Å². The summed E-state index contributed by atoms with van der Waals surface area (Å²) in [5.41, 5.74) is 0. The van der Waals surface area contributed by atoms with E-state index in [1.165, 1.54) is 6.20 Å². The van der Waals surface area contributed by atoms with Gasteiger partial charge in [-0.2, -0.15) is 5.26 Å². The zero-order valence-corrected chi connectivity index (χ0v) is 9.19. The van der Waals surface area contributed by atoms with Crippen LogP contribution >= 0.6 is 11.3 Å². The van der Waals surface area contributed by atoms with Crippen LogP contribution in [-0.4, -0.2) is 23.5 Å². The Kier molecular flexibility index (Phi) is 3.57. The third-order valence-electron chi connectivity index (χ3n) is 1.76. The molecule has 1 unspecified atom stereocenters. The average molecular weight is 226 g/mol. The number of anilines is 1. The normalized spacial score (nSPS) is 11.8. The summed E-state index contributed by atoms with van der Waals surface area (Å²) in [4.78, 5) is 15.6. The first kappa shape index (κ1) is 11.4. The standard InChI is InChI=1S/C8H10N4O2S/c1-6(3-9)5-11(2)8-10-4-7(15-8)12(13)14/h4,6H,5H2,1-2H3. The molecule has 1 aromatic rings. The molecule has 0 aliphatic carbocycles. The SMILES string of the molecule is CC(C#N)CN(C)c1ncc([N+](=O)[O-])s1. The van der Waals surface area contributed by atoms with Crippen LogP contribution in [0.1, 0.15) is 6.92 Å². The summed E-state index contributed by atoms with van der Waals surface area (Å²) in [6.45, 7) is 2.31. The number of rotatable bonds is 4. The summed E-state index contributed by atoms with van der Waals surface area (Å²) >= 11 is 1.01. The molecule has 0 spiro atoms. The molecule has 1 rings (SSSR count). The first-order valence-electron chi connectivity index (χ1n) is 4.25. The quantitative estimate of drug-likeness (QED) is 0.575. The second-order valence-electron chi connectivity index (χ2n) is 3.15. The number of nitro groups is 1. The third kappa shape index (κ3) is 2.89. The Balaban J connectivity index is 2.71. The highest BCUT2D eigenvalue weighted by atomic mass is 32.1. The minimum absolute atomic E-state index is 0.0152. The van der Waals surface area contributed by atoms with Gasteiger partial charge in [0.1, 0.15) is 6.20 Å². The zero-order chi connectivity index (χ0) is 11.4. The molecule has 80 valence electrons. The largest absolute Gasteiger partial charge is 0.350 e. The molecule has 6 nitrogen and oxygen atoms in total. The predicted octanol–water partition coefficient (Wildman–Crippen LogP) is 1.65. The van der Waals surface area contributed by atoms with E-state index in [9.17, 15) is 10.1 Å². The van der Waals surface area contributed by atoms with Gasteiger partial charge in [0.2, 0.25) is 0 Å². The molecule has 0 bridgehead atoms. The highest BCUT2D eigenvalue weighted by Crippen LogP contribution is 2.27. The molecule has 0 saturated carbocycles. The van der Waals surface area contributed by atoms with E-state index >= 15 is 0 Å². The van der Waals surface area contributed by atoms with Crippen LogP contribution in [0.4, 0.5) is 10.1 Å². The van der Waals surface area contributed by atoms with Crippen molar-refractivity contribution in [1.82, 2.24) is 4.98 Å². The lowest BCUT2D eigenvalue weighted by atomic mass is 10.2. The zero-order valence-electron chi connectivity index (χ0n) is 8.38. The lowest BCUT2D eigenvalue weighted by Crippen LogP contribution is -2.22. The predicted molar refractivity (Wildman–Crippen MR) is 56.8 cm³/mol. The summed E-state index contributed by atoms with van der Waals surface area (Å²) in [6, 6.07) is 2.10. The summed E-state index contributed by atoms with van der Waals surface area (Å²) in [7, 11) is 1.76. The van der Waals surface area contributed by atoms with Crippen LogP contribution in [0, 0.1) is 27.4 Å². The van der Waals surface area contributed by atoms with Crippen LogP contribution in [0.25, 0.3) is 0 Å². The van der Waals surface area contributed by atoms with E-state index in [2.05, 4.69) is 11.1 Å². The van der Waals surface area contributed by atoms with Crippen LogP contribution in [0.5, 0.6) is 0 Å². The van der Waals surface area contributed by atoms with Crippen LogP contribution in [0.3, 0.4) is 0 Å². The summed E-state index contributed by atoms with van der Waals surface area (Å²) in [5, 5.41) is 19.6. The second-order valence-corrected chi connectivity index (χ2v) is 4.14. The first-order valence-corrected chi connectivity index (χ1v) is 5.07. The molecule has 1 heterocycles. The monoisotopic (exact) mass is 226 g/mol. The van der Waals surface area contributed by atoms with Gasteiger partial charge in [-0.3, -0.25) is 10.1 Å². The molecule has 0 radical (unpaired) electrons. The highest BCUT2D eigenvalue weighted by molar-refractivity contribution is 7.18. The Morgan fingerprint density at radius 2 is 2.53 bits per heavy atom. The van der Waals surface area contributed by atoms with Gasteiger partial charge >= 0.3 is 5.00 Å². The van der Waals surface area contributed by atoms with Crippen LogP contribution in [0.15, 0.2) is 6.20 Å². The Morgan fingerprint density at radius 1 is 1.87 bits per heavy atom. The van der Waals surface area contributed by atoms with E-state index in [1.807, 2.05) is 0 Å². The first-order chi connectivity index (χ1) is 7.04. The molecule has 0 aromatic carbocycles. The topological polar surface area (TPSA) is 83.1 Å². The van der Waals surface area contributed by atoms with Gasteiger partial charge in [0.05, 0.1) is 16.9 Å². The number of thiazole rings is 1. The van der Waals surface area contributed by atoms with Crippen molar-refractivity contribution in [3.8, 4) is 6.07 Å². The van der Waals surface area contributed by atoms with Crippen molar-refractivity contribution in [1.29, 1.82) is 5.26 Å². The van der Waals surface area contributed by atoms with Gasteiger partial charge in [0.15, 0.2) is 5.13 Å². The van der Waals surface area contributed by atoms with E-state index in [4.69, 9.17) is 5.26 Å². The van der Waals surface area contributed by atoms with Crippen molar-refractivity contribution in [3.63, 3.8) is 0 Å². The van der Waals surface area contributed by atoms with Gasteiger partial charge in [0.25, 0.3) is 0 Å². The summed E-state index contributed by atoms with van der Waals surface area (Å²) < 4.78 is 0. The Bertz CT molecular complexity index is 398. The van der Waals surface area contributed by atoms with Crippen molar-refractivity contribution in [3.05, 3.63) is 16.3 Å². The van der Waals surface area contributed by atoms with Gasteiger partial charge in [-0.15, -0.1) is 0 Å². The molecular weight excluding hydrogens is 216 g/mol. The number of nitrogens with zero attached hydrogens (tertiary/aromatic N) is 4. The van der Waals surface area contributed by atoms with Crippen molar-refractivity contribution in [2.75, 3.05) is 18.5 Å². The maximum atomic E-state index is 10.4. The minimum atomic E-state index is -0.470.